The van der Waals surface area contributed by atoms with Gasteiger partial charge in [0.05, 0.1) is 6.10 Å². The molecule has 0 amide bonds. The maximum atomic E-state index is 5.61. The van der Waals surface area contributed by atoms with Crippen LogP contribution in [0.1, 0.15) is 38.3 Å². The lowest BCUT2D eigenvalue weighted by Crippen LogP contribution is -2.28. The van der Waals surface area contributed by atoms with Crippen molar-refractivity contribution < 1.29 is 4.74 Å². The molecule has 0 bridgehead atoms. The first-order valence-corrected chi connectivity index (χ1v) is 6.10. The Morgan fingerprint density at radius 1 is 1.44 bits per heavy atom. The normalized spacial score (nSPS) is 21.1. The summed E-state index contributed by atoms with van der Waals surface area (Å²) in [6, 6.07) is 6.07. The number of nitrogens with zero attached hydrogens (tertiary/aromatic N) is 1. The molecule has 0 radical (unpaired) electrons. The maximum Gasteiger partial charge on any atom is 0.213 e. The van der Waals surface area contributed by atoms with Gasteiger partial charge >= 0.3 is 0 Å². The molecule has 3 nitrogen and oxygen atoms in total. The highest BCUT2D eigenvalue weighted by Crippen LogP contribution is 2.23. The van der Waals surface area contributed by atoms with Gasteiger partial charge in [-0.05, 0) is 39.3 Å². The Balaban J connectivity index is 2.08. The van der Waals surface area contributed by atoms with E-state index in [9.17, 15) is 0 Å². The smallest absolute Gasteiger partial charge is 0.213 e. The van der Waals surface area contributed by atoms with Gasteiger partial charge in [0.2, 0.25) is 5.88 Å². The fourth-order valence-corrected chi connectivity index (χ4v) is 2.07. The Hall–Kier alpha value is -1.09. The van der Waals surface area contributed by atoms with Gasteiger partial charge in [-0.3, -0.25) is 0 Å². The molecule has 1 aliphatic heterocycles. The highest BCUT2D eigenvalue weighted by molar-refractivity contribution is 5.19. The number of nitrogens with one attached hydrogen (secondary N) is 1. The fraction of sp³-hybridized carbons (Fsp3) is 0.615. The van der Waals surface area contributed by atoms with Crippen molar-refractivity contribution in [2.24, 2.45) is 0 Å². The van der Waals surface area contributed by atoms with Gasteiger partial charge in [-0.25, -0.2) is 4.98 Å². The van der Waals surface area contributed by atoms with Gasteiger partial charge in [0, 0.05) is 24.2 Å². The lowest BCUT2D eigenvalue weighted by atomic mass is 9.96. The molecule has 2 heterocycles. The van der Waals surface area contributed by atoms with Gasteiger partial charge in [-0.2, -0.15) is 0 Å². The van der Waals surface area contributed by atoms with Gasteiger partial charge in [0.25, 0.3) is 0 Å². The highest BCUT2D eigenvalue weighted by Gasteiger charge is 2.16. The summed E-state index contributed by atoms with van der Waals surface area (Å²) in [5, 5.41) is 3.41. The van der Waals surface area contributed by atoms with Crippen LogP contribution in [0.25, 0.3) is 0 Å². The number of hydrogen-bond acceptors (Lipinski definition) is 3. The Morgan fingerprint density at radius 2 is 2.31 bits per heavy atom. The molecule has 1 unspecified atom stereocenters. The van der Waals surface area contributed by atoms with Crippen LogP contribution in [0, 0.1) is 0 Å². The first-order valence-electron chi connectivity index (χ1n) is 6.10. The zero-order chi connectivity index (χ0) is 11.4. The summed E-state index contributed by atoms with van der Waals surface area (Å²) in [7, 11) is 0. The molecule has 1 N–H and O–H groups in total. The molecule has 1 atom stereocenters. The molecule has 1 aliphatic rings. The van der Waals surface area contributed by atoms with Crippen LogP contribution in [0.3, 0.4) is 0 Å². The SMILES string of the molecule is CC(C)Oc1cccc(C2CCCNC2)n1. The fourth-order valence-electron chi connectivity index (χ4n) is 2.07. The maximum absolute atomic E-state index is 5.61. The van der Waals surface area contributed by atoms with Crippen molar-refractivity contribution in [3.8, 4) is 5.88 Å². The lowest BCUT2D eigenvalue weighted by Gasteiger charge is -2.22. The van der Waals surface area contributed by atoms with Gasteiger partial charge in [0.1, 0.15) is 0 Å². The number of piperidine rings is 1. The Labute approximate surface area is 97.2 Å². The molecular formula is C13H20N2O. The van der Waals surface area contributed by atoms with Crippen molar-refractivity contribution >= 4 is 0 Å². The second kappa shape index (κ2) is 5.30. The quantitative estimate of drug-likeness (QED) is 0.849. The third kappa shape index (κ3) is 2.95. The van der Waals surface area contributed by atoms with E-state index in [1.54, 1.807) is 0 Å². The van der Waals surface area contributed by atoms with E-state index in [4.69, 9.17) is 4.74 Å². The molecule has 0 spiro atoms. The molecule has 1 aromatic rings. The average Bonchev–Trinajstić information content (AvgIpc) is 2.30. The summed E-state index contributed by atoms with van der Waals surface area (Å²) in [5.41, 5.74) is 1.16. The van der Waals surface area contributed by atoms with Crippen molar-refractivity contribution in [3.05, 3.63) is 23.9 Å². The summed E-state index contributed by atoms with van der Waals surface area (Å²) in [4.78, 5) is 4.57. The average molecular weight is 220 g/mol. The molecular weight excluding hydrogens is 200 g/mol. The molecule has 1 fully saturated rings. The van der Waals surface area contributed by atoms with Crippen LogP contribution in [0.2, 0.25) is 0 Å². The van der Waals surface area contributed by atoms with E-state index in [2.05, 4.69) is 16.4 Å². The van der Waals surface area contributed by atoms with Gasteiger partial charge in [-0.15, -0.1) is 0 Å². The molecule has 16 heavy (non-hydrogen) atoms. The lowest BCUT2D eigenvalue weighted by molar-refractivity contribution is 0.231. The first-order chi connectivity index (χ1) is 7.75. The molecule has 3 heteroatoms. The highest BCUT2D eigenvalue weighted by atomic mass is 16.5. The van der Waals surface area contributed by atoms with E-state index in [-0.39, 0.29) is 6.10 Å². The minimum absolute atomic E-state index is 0.187. The number of pyridine rings is 1. The Kier molecular flexibility index (Phi) is 3.78. The van der Waals surface area contributed by atoms with Crippen molar-refractivity contribution in [1.82, 2.24) is 10.3 Å². The van der Waals surface area contributed by atoms with Crippen molar-refractivity contribution in [3.63, 3.8) is 0 Å². The van der Waals surface area contributed by atoms with Crippen LogP contribution in [0.5, 0.6) is 5.88 Å². The van der Waals surface area contributed by atoms with Crippen LogP contribution in [0.4, 0.5) is 0 Å². The number of aromatic nitrogens is 1. The van der Waals surface area contributed by atoms with Crippen LogP contribution >= 0.6 is 0 Å². The second-order valence-electron chi connectivity index (χ2n) is 4.61. The van der Waals surface area contributed by atoms with Crippen LogP contribution in [-0.4, -0.2) is 24.2 Å². The Bertz CT molecular complexity index is 332. The van der Waals surface area contributed by atoms with Crippen molar-refractivity contribution in [2.75, 3.05) is 13.1 Å². The van der Waals surface area contributed by atoms with E-state index in [0.717, 1.165) is 24.7 Å². The summed E-state index contributed by atoms with van der Waals surface area (Å²) in [6.07, 6.45) is 2.65. The standard InChI is InChI=1S/C13H20N2O/c1-10(2)16-13-7-3-6-12(15-13)11-5-4-8-14-9-11/h3,6-7,10-11,14H,4-5,8-9H2,1-2H3. The summed E-state index contributed by atoms with van der Waals surface area (Å²) < 4.78 is 5.61. The van der Waals surface area contributed by atoms with E-state index >= 15 is 0 Å². The second-order valence-corrected chi connectivity index (χ2v) is 4.61. The van der Waals surface area contributed by atoms with Crippen molar-refractivity contribution in [2.45, 2.75) is 38.7 Å². The van der Waals surface area contributed by atoms with Crippen LogP contribution in [0.15, 0.2) is 18.2 Å². The van der Waals surface area contributed by atoms with Crippen LogP contribution in [-0.2, 0) is 0 Å². The molecule has 88 valence electrons. The molecule has 2 rings (SSSR count). The molecule has 1 saturated heterocycles. The monoisotopic (exact) mass is 220 g/mol. The predicted molar refractivity (Wildman–Crippen MR) is 64.8 cm³/mol. The first kappa shape index (κ1) is 11.4. The number of ether oxygens (including phenoxy) is 1. The zero-order valence-corrected chi connectivity index (χ0v) is 10.1. The molecule has 0 aliphatic carbocycles. The van der Waals surface area contributed by atoms with Crippen LogP contribution < -0.4 is 10.1 Å². The number of hydrogen-bond donors (Lipinski definition) is 1. The van der Waals surface area contributed by atoms with E-state index in [0.29, 0.717) is 5.92 Å². The van der Waals surface area contributed by atoms with Gasteiger partial charge in [0.15, 0.2) is 0 Å². The van der Waals surface area contributed by atoms with E-state index < -0.39 is 0 Å². The largest absolute Gasteiger partial charge is 0.475 e. The minimum Gasteiger partial charge on any atom is -0.475 e. The minimum atomic E-state index is 0.187. The summed E-state index contributed by atoms with van der Waals surface area (Å²) in [5.74, 6) is 1.29. The molecule has 0 aromatic carbocycles. The summed E-state index contributed by atoms with van der Waals surface area (Å²) in [6.45, 7) is 6.23. The summed E-state index contributed by atoms with van der Waals surface area (Å²) >= 11 is 0. The molecule has 1 aromatic heterocycles. The van der Waals surface area contributed by atoms with E-state index in [1.807, 2.05) is 26.0 Å². The van der Waals surface area contributed by atoms with Crippen molar-refractivity contribution in [1.29, 1.82) is 0 Å². The third-order valence-electron chi connectivity index (χ3n) is 2.82. The number of rotatable bonds is 3. The molecule has 0 saturated carbocycles. The Morgan fingerprint density at radius 3 is 3.00 bits per heavy atom. The predicted octanol–water partition coefficient (Wildman–Crippen LogP) is 2.34. The van der Waals surface area contributed by atoms with Gasteiger partial charge < -0.3 is 10.1 Å². The van der Waals surface area contributed by atoms with Gasteiger partial charge in [-0.1, -0.05) is 6.07 Å². The third-order valence-corrected chi connectivity index (χ3v) is 2.82. The topological polar surface area (TPSA) is 34.1 Å². The zero-order valence-electron chi connectivity index (χ0n) is 10.1. The van der Waals surface area contributed by atoms with E-state index in [1.165, 1.54) is 12.8 Å².